The highest BCUT2D eigenvalue weighted by Gasteiger charge is 2.31. The highest BCUT2D eigenvalue weighted by Crippen LogP contribution is 2.25. The summed E-state index contributed by atoms with van der Waals surface area (Å²) in [7, 11) is 0. The van der Waals surface area contributed by atoms with Crippen LogP contribution in [0.3, 0.4) is 0 Å². The number of hydrogen-bond donors (Lipinski definition) is 2. The number of aromatic nitrogens is 1. The third-order valence-corrected chi connectivity index (χ3v) is 5.29. The average molecular weight is 379 g/mol. The van der Waals surface area contributed by atoms with Gasteiger partial charge < -0.3 is 10.6 Å². The molecule has 6 nitrogen and oxygen atoms in total. The lowest BCUT2D eigenvalue weighted by atomic mass is 10.0. The van der Waals surface area contributed by atoms with Gasteiger partial charge in [0.05, 0.1) is 5.52 Å². The Bertz CT molecular complexity index is 1070. The van der Waals surface area contributed by atoms with E-state index in [1.165, 1.54) is 0 Å². The molecule has 2 N–H and O–H groups in total. The van der Waals surface area contributed by atoms with E-state index in [1.807, 2.05) is 55.5 Å². The van der Waals surface area contributed by atoms with Crippen molar-refractivity contribution < 1.29 is 14.4 Å². The van der Waals surface area contributed by atoms with Gasteiger partial charge in [-0.25, -0.2) is 4.79 Å². The van der Waals surface area contributed by atoms with Gasteiger partial charge in [-0.15, -0.1) is 0 Å². The van der Waals surface area contributed by atoms with Gasteiger partial charge in [-0.2, -0.15) is 0 Å². The number of aryl methyl sites for hydroxylation is 1. The first-order valence-electron chi connectivity index (χ1n) is 8.50. The summed E-state index contributed by atoms with van der Waals surface area (Å²) in [5, 5.41) is 5.96. The predicted octanol–water partition coefficient (Wildman–Crippen LogP) is 3.92. The molecule has 7 heteroatoms. The lowest BCUT2D eigenvalue weighted by Crippen LogP contribution is -2.30. The molecule has 1 saturated heterocycles. The third kappa shape index (κ3) is 3.46. The Labute approximate surface area is 159 Å². The molecule has 4 rings (SSSR count). The number of rotatable bonds is 3. The lowest BCUT2D eigenvalue weighted by Gasteiger charge is -2.11. The normalized spacial score (nSPS) is 16.6. The molecule has 2 amide bonds. The summed E-state index contributed by atoms with van der Waals surface area (Å²) in [5.74, 6) is 0. The van der Waals surface area contributed by atoms with Gasteiger partial charge in [0, 0.05) is 35.5 Å². The second-order valence-electron chi connectivity index (χ2n) is 6.44. The van der Waals surface area contributed by atoms with Crippen LogP contribution in [-0.4, -0.2) is 27.0 Å². The minimum atomic E-state index is -0.530. The first-order chi connectivity index (χ1) is 13.0. The number of nitrogens with one attached hydrogen (secondary N) is 2. The molecule has 0 radical (unpaired) electrons. The summed E-state index contributed by atoms with van der Waals surface area (Å²) in [4.78, 5) is 36.0. The van der Waals surface area contributed by atoms with Gasteiger partial charge in [0.1, 0.15) is 6.04 Å². The van der Waals surface area contributed by atoms with Gasteiger partial charge in [0.25, 0.3) is 5.24 Å². The van der Waals surface area contributed by atoms with Crippen molar-refractivity contribution in [2.75, 3.05) is 5.32 Å². The fourth-order valence-electron chi connectivity index (χ4n) is 3.24. The van der Waals surface area contributed by atoms with Crippen LogP contribution in [-0.2, 0) is 11.2 Å². The summed E-state index contributed by atoms with van der Waals surface area (Å²) < 4.78 is 1.55. The molecule has 1 aliphatic heterocycles. The highest BCUT2D eigenvalue weighted by atomic mass is 32.2. The molecular weight excluding hydrogens is 362 g/mol. The van der Waals surface area contributed by atoms with Crippen molar-refractivity contribution in [3.8, 4) is 0 Å². The van der Waals surface area contributed by atoms with E-state index in [0.29, 0.717) is 18.2 Å². The summed E-state index contributed by atoms with van der Waals surface area (Å²) >= 11 is 0.707. The molecule has 1 atom stereocenters. The van der Waals surface area contributed by atoms with Crippen LogP contribution in [0.2, 0.25) is 0 Å². The molecule has 1 unspecified atom stereocenters. The molecule has 1 aliphatic rings. The summed E-state index contributed by atoms with van der Waals surface area (Å²) in [6.45, 7) is 1.97. The number of amides is 2. The van der Waals surface area contributed by atoms with Crippen LogP contribution >= 0.6 is 11.8 Å². The highest BCUT2D eigenvalue weighted by molar-refractivity contribution is 8.26. The monoisotopic (exact) mass is 379 g/mol. The smallest absolute Gasteiger partial charge is 0.330 e. The Kier molecular flexibility index (Phi) is 4.45. The molecule has 0 spiro atoms. The quantitative estimate of drug-likeness (QED) is 0.723. The number of carbonyl (C=O) groups excluding carboxylic acids is 3. The Morgan fingerprint density at radius 3 is 2.74 bits per heavy atom. The maximum Gasteiger partial charge on any atom is 0.330 e. The minimum Gasteiger partial charge on any atom is -0.335 e. The lowest BCUT2D eigenvalue weighted by molar-refractivity contribution is -0.112. The van der Waals surface area contributed by atoms with E-state index in [0.717, 1.165) is 27.7 Å². The fraction of sp³-hybridized carbons (Fsp3) is 0.150. The second kappa shape index (κ2) is 6.92. The van der Waals surface area contributed by atoms with Crippen LogP contribution in [0, 0.1) is 6.92 Å². The van der Waals surface area contributed by atoms with Crippen molar-refractivity contribution >= 4 is 44.7 Å². The Morgan fingerprint density at radius 2 is 2.00 bits per heavy atom. The van der Waals surface area contributed by atoms with Crippen LogP contribution in [0.4, 0.5) is 15.3 Å². The van der Waals surface area contributed by atoms with Gasteiger partial charge >= 0.3 is 6.03 Å². The van der Waals surface area contributed by atoms with Crippen LogP contribution in [0.15, 0.2) is 54.7 Å². The Morgan fingerprint density at radius 1 is 1.19 bits per heavy atom. The number of carbonyl (C=O) groups is 3. The zero-order valence-corrected chi connectivity index (χ0v) is 15.4. The Hall–Kier alpha value is -3.06. The Balaban J connectivity index is 1.61. The van der Waals surface area contributed by atoms with Crippen LogP contribution in [0.1, 0.15) is 11.1 Å². The maximum atomic E-state index is 12.7. The molecule has 1 fully saturated rings. The first kappa shape index (κ1) is 17.4. The van der Waals surface area contributed by atoms with E-state index in [4.69, 9.17) is 0 Å². The van der Waals surface area contributed by atoms with Crippen molar-refractivity contribution in [1.82, 2.24) is 9.88 Å². The molecular formula is C20H17N3O3S. The maximum absolute atomic E-state index is 12.7. The summed E-state index contributed by atoms with van der Waals surface area (Å²) in [5.41, 5.74) is 3.46. The van der Waals surface area contributed by atoms with Crippen molar-refractivity contribution in [1.29, 1.82) is 0 Å². The molecule has 27 heavy (non-hydrogen) atoms. The first-order valence-corrected chi connectivity index (χ1v) is 9.32. The molecule has 1 aromatic heterocycles. The van der Waals surface area contributed by atoms with E-state index < -0.39 is 6.04 Å². The molecule has 136 valence electrons. The van der Waals surface area contributed by atoms with Crippen molar-refractivity contribution in [2.45, 2.75) is 19.4 Å². The van der Waals surface area contributed by atoms with Crippen LogP contribution < -0.4 is 10.6 Å². The minimum absolute atomic E-state index is 0.173. The zero-order valence-electron chi connectivity index (χ0n) is 14.6. The van der Waals surface area contributed by atoms with E-state index in [1.54, 1.807) is 10.8 Å². The van der Waals surface area contributed by atoms with Crippen LogP contribution in [0.25, 0.3) is 10.9 Å². The second-order valence-corrected chi connectivity index (χ2v) is 7.42. The van der Waals surface area contributed by atoms with Gasteiger partial charge in [0.15, 0.2) is 0 Å². The molecule has 0 saturated carbocycles. The van der Waals surface area contributed by atoms with E-state index >= 15 is 0 Å². The number of fused-ring (bicyclic) bond motifs is 1. The van der Waals surface area contributed by atoms with E-state index in [9.17, 15) is 14.4 Å². The number of benzene rings is 2. The number of thioether (sulfide) groups is 1. The van der Waals surface area contributed by atoms with Gasteiger partial charge in [-0.3, -0.25) is 14.2 Å². The molecule has 3 aromatic rings. The van der Waals surface area contributed by atoms with E-state index in [2.05, 4.69) is 10.6 Å². The van der Waals surface area contributed by atoms with Gasteiger partial charge in [-0.1, -0.05) is 24.3 Å². The fourth-order valence-corrected chi connectivity index (χ4v) is 3.91. The topological polar surface area (TPSA) is 80.2 Å². The number of nitrogens with zero attached hydrogens (tertiary/aromatic N) is 1. The molecule has 0 bridgehead atoms. The van der Waals surface area contributed by atoms with Gasteiger partial charge in [0.2, 0.25) is 5.12 Å². The average Bonchev–Trinajstić information content (AvgIpc) is 3.19. The van der Waals surface area contributed by atoms with E-state index in [-0.39, 0.29) is 16.4 Å². The molecule has 2 aromatic carbocycles. The number of hydrogen-bond acceptors (Lipinski definition) is 4. The van der Waals surface area contributed by atoms with Crippen molar-refractivity contribution in [3.63, 3.8) is 0 Å². The van der Waals surface area contributed by atoms with Gasteiger partial charge in [-0.05, 0) is 42.3 Å². The zero-order chi connectivity index (χ0) is 19.0. The number of anilines is 1. The molecule has 0 aliphatic carbocycles. The summed E-state index contributed by atoms with van der Waals surface area (Å²) in [6, 6.07) is 14.3. The molecule has 2 heterocycles. The third-order valence-electron chi connectivity index (χ3n) is 4.51. The van der Waals surface area contributed by atoms with Crippen molar-refractivity contribution in [3.05, 3.63) is 65.9 Å². The van der Waals surface area contributed by atoms with Crippen LogP contribution in [0.5, 0.6) is 0 Å². The predicted molar refractivity (Wildman–Crippen MR) is 106 cm³/mol. The van der Waals surface area contributed by atoms with Crippen molar-refractivity contribution in [2.24, 2.45) is 0 Å². The summed E-state index contributed by atoms with van der Waals surface area (Å²) in [6.07, 6.45) is 2.11. The largest absolute Gasteiger partial charge is 0.335 e. The standard InChI is InChI=1S/C20H17N3O3S/c1-12-4-2-6-14(10-12)21-19(25)23-9-8-15-13(5-3-7-17(15)23)11-16-18(24)27-20(26)22-16/h2-10,16H,11H2,1H3,(H,21,25)(H,22,26). The SMILES string of the molecule is Cc1cccc(NC(=O)n2ccc3c(CC4NC(=O)SC4=O)cccc32)c1.